The number of nitrogens with one attached hydrogen (secondary N) is 3. The lowest BCUT2D eigenvalue weighted by Crippen LogP contribution is -2.50. The first-order chi connectivity index (χ1) is 16.5. The lowest BCUT2D eigenvalue weighted by molar-refractivity contribution is -0.125. The van der Waals surface area contributed by atoms with Crippen molar-refractivity contribution in [1.82, 2.24) is 15.5 Å². The molecule has 1 spiro atoms. The minimum absolute atomic E-state index is 0.0211. The number of carbonyl (C=O) groups excluding carboxylic acids is 3. The zero-order valence-corrected chi connectivity index (χ0v) is 20.3. The number of fused-ring (bicyclic) bond motifs is 1. The summed E-state index contributed by atoms with van der Waals surface area (Å²) >= 11 is 1.40. The number of likely N-dealkylation sites (tertiary alicyclic amines) is 1. The van der Waals surface area contributed by atoms with Gasteiger partial charge in [0.15, 0.2) is 0 Å². The molecule has 1 aromatic heterocycles. The van der Waals surface area contributed by atoms with Gasteiger partial charge in [0, 0.05) is 36.1 Å². The molecule has 5 rings (SSSR count). The maximum absolute atomic E-state index is 13.6. The Bertz CT molecular complexity index is 1140. The fraction of sp³-hybridized carbons (Fsp3) is 0.520. The maximum Gasteiger partial charge on any atom is 0.319 e. The number of piperidine rings is 1. The number of urea groups is 1. The molecular weight excluding hydrogens is 450 g/mol. The second kappa shape index (κ2) is 9.37. The van der Waals surface area contributed by atoms with E-state index >= 15 is 0 Å². The third-order valence-corrected chi connectivity index (χ3v) is 8.32. The quantitative estimate of drug-likeness (QED) is 0.598. The van der Waals surface area contributed by atoms with Crippen LogP contribution < -0.4 is 16.0 Å². The van der Waals surface area contributed by atoms with Gasteiger partial charge in [-0.1, -0.05) is 43.9 Å². The molecule has 2 fully saturated rings. The molecule has 1 aliphatic carbocycles. The summed E-state index contributed by atoms with van der Waals surface area (Å²) in [5, 5.41) is 9.99. The van der Waals surface area contributed by atoms with E-state index in [4.69, 9.17) is 4.99 Å². The predicted octanol–water partition coefficient (Wildman–Crippen LogP) is 4.13. The second-order valence-corrected chi connectivity index (χ2v) is 10.5. The predicted molar refractivity (Wildman–Crippen MR) is 135 cm³/mol. The molecule has 2 aromatic rings. The van der Waals surface area contributed by atoms with Crippen LogP contribution in [-0.4, -0.2) is 53.8 Å². The highest BCUT2D eigenvalue weighted by Crippen LogP contribution is 2.38. The van der Waals surface area contributed by atoms with Crippen LogP contribution in [0.3, 0.4) is 0 Å². The van der Waals surface area contributed by atoms with Crippen LogP contribution in [0.2, 0.25) is 0 Å². The molecule has 8 nitrogen and oxygen atoms in total. The largest absolute Gasteiger partial charge is 0.338 e. The van der Waals surface area contributed by atoms with Crippen molar-refractivity contribution in [3.05, 3.63) is 29.8 Å². The summed E-state index contributed by atoms with van der Waals surface area (Å²) in [7, 11) is 0. The number of benzene rings is 1. The molecule has 2 aliphatic heterocycles. The van der Waals surface area contributed by atoms with Crippen molar-refractivity contribution in [2.75, 3.05) is 25.0 Å². The van der Waals surface area contributed by atoms with E-state index in [0.29, 0.717) is 49.0 Å². The first-order valence-electron chi connectivity index (χ1n) is 12.2. The summed E-state index contributed by atoms with van der Waals surface area (Å²) in [6.07, 6.45) is 6.84. The Kier molecular flexibility index (Phi) is 6.29. The molecule has 1 saturated heterocycles. The normalized spacial score (nSPS) is 20.0. The van der Waals surface area contributed by atoms with Crippen LogP contribution in [0.15, 0.2) is 29.3 Å². The van der Waals surface area contributed by atoms with Crippen molar-refractivity contribution >= 4 is 50.1 Å². The van der Waals surface area contributed by atoms with Gasteiger partial charge in [0.05, 0.1) is 5.56 Å². The molecule has 0 unspecified atom stereocenters. The van der Waals surface area contributed by atoms with E-state index in [2.05, 4.69) is 16.0 Å². The number of amidine groups is 1. The van der Waals surface area contributed by atoms with Crippen LogP contribution in [0.5, 0.6) is 0 Å². The molecule has 180 valence electrons. The Morgan fingerprint density at radius 3 is 2.68 bits per heavy atom. The summed E-state index contributed by atoms with van der Waals surface area (Å²) in [6, 6.07) is 7.36. The summed E-state index contributed by atoms with van der Waals surface area (Å²) < 4.78 is 0.947. The van der Waals surface area contributed by atoms with Gasteiger partial charge in [0.1, 0.15) is 16.4 Å². The smallest absolute Gasteiger partial charge is 0.319 e. The molecule has 3 N–H and O–H groups in total. The molecule has 1 aromatic carbocycles. The molecule has 1 saturated carbocycles. The van der Waals surface area contributed by atoms with E-state index in [-0.39, 0.29) is 17.8 Å². The van der Waals surface area contributed by atoms with E-state index < -0.39 is 5.54 Å². The number of amides is 4. The minimum atomic E-state index is -0.747. The van der Waals surface area contributed by atoms with E-state index in [0.717, 1.165) is 22.3 Å². The molecule has 4 amide bonds. The molecule has 0 radical (unpaired) electrons. The average molecular weight is 482 g/mol. The van der Waals surface area contributed by atoms with Crippen molar-refractivity contribution in [2.45, 2.75) is 57.4 Å². The lowest BCUT2D eigenvalue weighted by atomic mass is 9.87. The molecule has 0 bridgehead atoms. The first kappa shape index (κ1) is 22.8. The van der Waals surface area contributed by atoms with Crippen molar-refractivity contribution in [3.63, 3.8) is 0 Å². The summed E-state index contributed by atoms with van der Waals surface area (Å²) in [5.74, 6) is 1.31. The third kappa shape index (κ3) is 4.29. The molecular formula is C25H31N5O3S. The number of rotatable bonds is 5. The van der Waals surface area contributed by atoms with Gasteiger partial charge in [0.25, 0.3) is 11.8 Å². The number of hydrogen-bond acceptors (Lipinski definition) is 5. The maximum atomic E-state index is 13.6. The number of nitrogens with zero attached hydrogens (tertiary/aromatic N) is 2. The highest BCUT2D eigenvalue weighted by Gasteiger charge is 2.46. The Morgan fingerprint density at radius 2 is 1.94 bits per heavy atom. The van der Waals surface area contributed by atoms with Gasteiger partial charge in [-0.2, -0.15) is 0 Å². The number of thiophene rings is 1. The summed E-state index contributed by atoms with van der Waals surface area (Å²) in [4.78, 5) is 45.4. The fourth-order valence-electron chi connectivity index (χ4n) is 5.40. The molecule has 3 aliphatic rings. The number of carbonyl (C=O) groups is 3. The van der Waals surface area contributed by atoms with Gasteiger partial charge in [-0.3, -0.25) is 19.9 Å². The van der Waals surface area contributed by atoms with E-state index in [1.807, 2.05) is 31.2 Å². The number of aliphatic imine (C=N–C) groups is 1. The van der Waals surface area contributed by atoms with E-state index in [9.17, 15) is 14.4 Å². The average Bonchev–Trinajstić information content (AvgIpc) is 3.53. The van der Waals surface area contributed by atoms with Crippen molar-refractivity contribution < 1.29 is 14.4 Å². The van der Waals surface area contributed by atoms with E-state index in [1.165, 1.54) is 37.0 Å². The zero-order valence-electron chi connectivity index (χ0n) is 19.5. The summed E-state index contributed by atoms with van der Waals surface area (Å²) in [6.45, 7) is 3.26. The van der Waals surface area contributed by atoms with Crippen molar-refractivity contribution in [2.24, 2.45) is 10.9 Å². The standard InChI is InChI=1S/C25H31N5O3S/c1-2-26-24(33)28-21-20(17-9-5-6-10-18(17)34-21)22(31)30-13-11-25(12-14-30)23(32)27-19(29-25)15-16-7-3-4-8-16/h5-6,9-10,16H,2-4,7-8,11-15H2,1H3,(H2,26,28,33)(H,27,29,32). The zero-order chi connectivity index (χ0) is 23.7. The van der Waals surface area contributed by atoms with Gasteiger partial charge >= 0.3 is 6.03 Å². The Morgan fingerprint density at radius 1 is 1.21 bits per heavy atom. The minimum Gasteiger partial charge on any atom is -0.338 e. The molecule has 3 heterocycles. The molecule has 9 heteroatoms. The monoisotopic (exact) mass is 481 g/mol. The van der Waals surface area contributed by atoms with Gasteiger partial charge in [-0.15, -0.1) is 11.3 Å². The Labute approximate surface area is 203 Å². The van der Waals surface area contributed by atoms with Crippen LogP contribution in [0.1, 0.15) is 62.2 Å². The van der Waals surface area contributed by atoms with Crippen LogP contribution in [0.25, 0.3) is 10.1 Å². The Hall–Kier alpha value is -2.94. The van der Waals surface area contributed by atoms with Gasteiger partial charge < -0.3 is 15.5 Å². The van der Waals surface area contributed by atoms with Crippen molar-refractivity contribution in [3.8, 4) is 0 Å². The van der Waals surface area contributed by atoms with Crippen LogP contribution in [0.4, 0.5) is 9.80 Å². The molecule has 0 atom stereocenters. The topological polar surface area (TPSA) is 103 Å². The number of hydrogen-bond donors (Lipinski definition) is 3. The van der Waals surface area contributed by atoms with Gasteiger partial charge in [-0.05, 0) is 31.7 Å². The highest BCUT2D eigenvalue weighted by atomic mass is 32.1. The van der Waals surface area contributed by atoms with Crippen LogP contribution >= 0.6 is 11.3 Å². The van der Waals surface area contributed by atoms with Crippen LogP contribution in [0, 0.1) is 5.92 Å². The second-order valence-electron chi connectivity index (χ2n) is 9.48. The summed E-state index contributed by atoms with van der Waals surface area (Å²) in [5.41, 5.74) is -0.229. The first-order valence-corrected chi connectivity index (χ1v) is 13.1. The third-order valence-electron chi connectivity index (χ3n) is 7.24. The lowest BCUT2D eigenvalue weighted by Gasteiger charge is -2.35. The molecule has 34 heavy (non-hydrogen) atoms. The van der Waals surface area contributed by atoms with Gasteiger partial charge in [0.2, 0.25) is 0 Å². The van der Waals surface area contributed by atoms with Crippen LogP contribution in [-0.2, 0) is 4.79 Å². The van der Waals surface area contributed by atoms with Gasteiger partial charge in [-0.25, -0.2) is 4.79 Å². The SMILES string of the molecule is CCNC(=O)Nc1sc2ccccc2c1C(=O)N1CCC2(CC1)N=C(CC1CCCC1)NC2=O. The number of anilines is 1. The van der Waals surface area contributed by atoms with E-state index in [1.54, 1.807) is 4.90 Å². The van der Waals surface area contributed by atoms with Crippen molar-refractivity contribution in [1.29, 1.82) is 0 Å². The Balaban J connectivity index is 1.33. The highest BCUT2D eigenvalue weighted by molar-refractivity contribution is 7.23. The fourth-order valence-corrected chi connectivity index (χ4v) is 6.49.